The molecule has 0 aliphatic heterocycles. The zero-order valence-corrected chi connectivity index (χ0v) is 20.6. The average Bonchev–Trinajstić information content (AvgIpc) is 2.71. The van der Waals surface area contributed by atoms with E-state index in [1.165, 1.54) is 0 Å². The number of ether oxygens (including phenoxy) is 2. The molecular formula is C26H27ClF3NO3. The highest BCUT2D eigenvalue weighted by Gasteiger charge is 2.40. The molecule has 1 aromatic heterocycles. The van der Waals surface area contributed by atoms with Gasteiger partial charge in [-0.1, -0.05) is 49.7 Å². The van der Waals surface area contributed by atoms with Crippen LogP contribution in [0.1, 0.15) is 63.4 Å². The van der Waals surface area contributed by atoms with Gasteiger partial charge in [0.25, 0.3) is 0 Å². The van der Waals surface area contributed by atoms with Crippen molar-refractivity contribution in [2.45, 2.75) is 65.3 Å². The monoisotopic (exact) mass is 493 g/mol. The molecule has 8 heteroatoms. The number of carbonyl (C=O) groups is 1. The van der Waals surface area contributed by atoms with Gasteiger partial charge in [-0.25, -0.2) is 9.78 Å². The molecule has 3 aromatic rings. The Kier molecular flexibility index (Phi) is 7.18. The van der Waals surface area contributed by atoms with Gasteiger partial charge in [0.15, 0.2) is 6.10 Å². The van der Waals surface area contributed by atoms with Crippen LogP contribution in [0.25, 0.3) is 22.0 Å². The zero-order chi connectivity index (χ0) is 25.4. The van der Waals surface area contributed by atoms with E-state index < -0.39 is 29.7 Å². The molecule has 0 fully saturated rings. The summed E-state index contributed by atoms with van der Waals surface area (Å²) < 4.78 is 51.0. The Morgan fingerprint density at radius 1 is 1.03 bits per heavy atom. The first-order chi connectivity index (χ1) is 15.7. The van der Waals surface area contributed by atoms with Gasteiger partial charge in [-0.15, -0.1) is 0 Å². The molecule has 0 saturated carbocycles. The third-order valence-electron chi connectivity index (χ3n) is 5.11. The van der Waals surface area contributed by atoms with E-state index in [2.05, 4.69) is 4.98 Å². The highest BCUT2D eigenvalue weighted by molar-refractivity contribution is 6.31. The van der Waals surface area contributed by atoms with Gasteiger partial charge in [0.05, 0.1) is 5.52 Å². The summed E-state index contributed by atoms with van der Waals surface area (Å²) in [4.78, 5) is 17.7. The van der Waals surface area contributed by atoms with Crippen LogP contribution in [-0.2, 0) is 4.74 Å². The summed E-state index contributed by atoms with van der Waals surface area (Å²) in [6, 6.07) is 12.2. The number of hydrogen-bond acceptors (Lipinski definition) is 4. The Bertz CT molecular complexity index is 1220. The van der Waals surface area contributed by atoms with E-state index in [-0.39, 0.29) is 11.5 Å². The second kappa shape index (κ2) is 9.45. The van der Waals surface area contributed by atoms with Gasteiger partial charge in [0, 0.05) is 16.0 Å². The van der Waals surface area contributed by atoms with Crippen molar-refractivity contribution in [3.8, 4) is 17.0 Å². The van der Waals surface area contributed by atoms with Gasteiger partial charge in [-0.05, 0) is 62.9 Å². The maximum atomic E-state index is 13.4. The predicted octanol–water partition coefficient (Wildman–Crippen LogP) is 7.96. The van der Waals surface area contributed by atoms with Crippen molar-refractivity contribution in [1.29, 1.82) is 0 Å². The number of hydrogen-bond donors (Lipinski definition) is 0. The number of halogens is 4. The lowest BCUT2D eigenvalue weighted by molar-refractivity contribution is -0.190. The van der Waals surface area contributed by atoms with E-state index in [0.29, 0.717) is 27.1 Å². The lowest BCUT2D eigenvalue weighted by Gasteiger charge is -2.24. The first-order valence-corrected chi connectivity index (χ1v) is 11.3. The predicted molar refractivity (Wildman–Crippen MR) is 128 cm³/mol. The lowest BCUT2D eigenvalue weighted by atomic mass is 9.92. The molecule has 0 spiro atoms. The molecule has 0 radical (unpaired) electrons. The van der Waals surface area contributed by atoms with Gasteiger partial charge >= 0.3 is 12.1 Å². The number of nitrogens with zero attached hydrogens (tertiary/aromatic N) is 1. The third kappa shape index (κ3) is 5.81. The minimum absolute atomic E-state index is 0.179. The van der Waals surface area contributed by atoms with Crippen molar-refractivity contribution in [2.24, 2.45) is 0 Å². The van der Waals surface area contributed by atoms with E-state index in [4.69, 9.17) is 21.1 Å². The number of esters is 1. The van der Waals surface area contributed by atoms with E-state index in [0.717, 1.165) is 12.5 Å². The molecule has 34 heavy (non-hydrogen) atoms. The summed E-state index contributed by atoms with van der Waals surface area (Å²) in [5.41, 5.74) is 1.22. The molecule has 0 aliphatic rings. The SMILES string of the molecule is CC(C)c1cccc(-c2c(C(=O)OC(C)(C)C)c(OC(C)C(F)(F)F)nc3ccc(Cl)cc23)c1. The Labute approximate surface area is 202 Å². The summed E-state index contributed by atoms with van der Waals surface area (Å²) in [5.74, 6) is -1.10. The summed E-state index contributed by atoms with van der Waals surface area (Å²) in [6.45, 7) is 9.94. The normalized spacial score (nSPS) is 13.3. The Morgan fingerprint density at radius 3 is 2.29 bits per heavy atom. The number of rotatable bonds is 5. The number of alkyl halides is 3. The number of benzene rings is 2. The lowest BCUT2D eigenvalue weighted by Crippen LogP contribution is -2.32. The summed E-state index contributed by atoms with van der Waals surface area (Å²) in [6.07, 6.45) is -6.85. The largest absolute Gasteiger partial charge is 0.464 e. The number of carbonyl (C=O) groups excluding carboxylic acids is 1. The molecule has 4 nitrogen and oxygen atoms in total. The van der Waals surface area contributed by atoms with Crippen LogP contribution in [0.2, 0.25) is 5.02 Å². The standard InChI is InChI=1S/C26H27ClF3NO3/c1-14(2)16-8-7-9-17(12-16)21-19-13-18(27)10-11-20(19)31-23(33-15(3)26(28,29)30)22(21)24(32)34-25(4,5)6/h7-15H,1-6H3. The minimum atomic E-state index is -4.65. The summed E-state index contributed by atoms with van der Waals surface area (Å²) >= 11 is 6.26. The van der Waals surface area contributed by atoms with Crippen LogP contribution < -0.4 is 4.74 Å². The molecule has 1 atom stereocenters. The Hall–Kier alpha value is -2.80. The van der Waals surface area contributed by atoms with Crippen molar-refractivity contribution in [3.05, 3.63) is 58.6 Å². The van der Waals surface area contributed by atoms with Crippen molar-refractivity contribution >= 4 is 28.5 Å². The van der Waals surface area contributed by atoms with Crippen LogP contribution in [0.5, 0.6) is 5.88 Å². The van der Waals surface area contributed by atoms with Gasteiger partial charge in [-0.3, -0.25) is 0 Å². The molecule has 0 saturated heterocycles. The topological polar surface area (TPSA) is 48.4 Å². The molecule has 3 rings (SSSR count). The van der Waals surface area contributed by atoms with Crippen molar-refractivity contribution in [3.63, 3.8) is 0 Å². The van der Waals surface area contributed by atoms with Crippen LogP contribution in [0.3, 0.4) is 0 Å². The van der Waals surface area contributed by atoms with Gasteiger partial charge in [0.1, 0.15) is 11.2 Å². The highest BCUT2D eigenvalue weighted by Crippen LogP contribution is 2.40. The molecule has 0 N–H and O–H groups in total. The molecule has 2 aromatic carbocycles. The van der Waals surface area contributed by atoms with Crippen LogP contribution in [-0.4, -0.2) is 28.8 Å². The second-order valence-electron chi connectivity index (χ2n) is 9.41. The molecule has 1 heterocycles. The third-order valence-corrected chi connectivity index (χ3v) is 5.34. The number of pyridine rings is 1. The quantitative estimate of drug-likeness (QED) is 0.338. The molecular weight excluding hydrogens is 467 g/mol. The molecule has 182 valence electrons. The summed E-state index contributed by atoms with van der Waals surface area (Å²) in [7, 11) is 0. The second-order valence-corrected chi connectivity index (χ2v) is 9.85. The first kappa shape index (κ1) is 25.8. The zero-order valence-electron chi connectivity index (χ0n) is 19.9. The van der Waals surface area contributed by atoms with Gasteiger partial charge in [-0.2, -0.15) is 13.2 Å². The number of aromatic nitrogens is 1. The average molecular weight is 494 g/mol. The maximum absolute atomic E-state index is 13.4. The molecule has 0 bridgehead atoms. The Balaban J connectivity index is 2.41. The van der Waals surface area contributed by atoms with E-state index in [9.17, 15) is 18.0 Å². The van der Waals surface area contributed by atoms with Crippen molar-refractivity contribution in [2.75, 3.05) is 0 Å². The molecule has 0 aliphatic carbocycles. The van der Waals surface area contributed by atoms with Gasteiger partial charge < -0.3 is 9.47 Å². The smallest absolute Gasteiger partial charge is 0.425 e. The number of fused-ring (bicyclic) bond motifs is 1. The summed E-state index contributed by atoms with van der Waals surface area (Å²) in [5, 5.41) is 0.893. The molecule has 1 unspecified atom stereocenters. The molecule has 0 amide bonds. The van der Waals surface area contributed by atoms with Gasteiger partial charge in [0.2, 0.25) is 5.88 Å². The highest BCUT2D eigenvalue weighted by atomic mass is 35.5. The fourth-order valence-corrected chi connectivity index (χ4v) is 3.58. The van der Waals surface area contributed by atoms with E-state index >= 15 is 0 Å². The maximum Gasteiger partial charge on any atom is 0.425 e. The van der Waals surface area contributed by atoms with Crippen molar-refractivity contribution < 1.29 is 27.4 Å². The van der Waals surface area contributed by atoms with E-state index in [1.807, 2.05) is 32.0 Å². The fourth-order valence-electron chi connectivity index (χ4n) is 3.40. The van der Waals surface area contributed by atoms with Crippen molar-refractivity contribution in [1.82, 2.24) is 4.98 Å². The first-order valence-electron chi connectivity index (χ1n) is 10.9. The van der Waals surface area contributed by atoms with Crippen LogP contribution in [0, 0.1) is 0 Å². The fraction of sp³-hybridized carbons (Fsp3) is 0.385. The van der Waals surface area contributed by atoms with Crippen LogP contribution in [0.15, 0.2) is 42.5 Å². The van der Waals surface area contributed by atoms with Crippen LogP contribution >= 0.6 is 11.6 Å². The minimum Gasteiger partial charge on any atom is -0.464 e. The Morgan fingerprint density at radius 2 is 1.71 bits per heavy atom. The van der Waals surface area contributed by atoms with Crippen LogP contribution in [0.4, 0.5) is 13.2 Å². The van der Waals surface area contributed by atoms with E-state index in [1.54, 1.807) is 45.0 Å².